The molecule has 1 aromatic rings. The number of nitrogens with zero attached hydrogens (tertiary/aromatic N) is 2. The van der Waals surface area contributed by atoms with Crippen LogP contribution >= 0.6 is 0 Å². The van der Waals surface area contributed by atoms with Crippen LogP contribution in [0.25, 0.3) is 0 Å². The fourth-order valence-electron chi connectivity index (χ4n) is 1.95. The van der Waals surface area contributed by atoms with Crippen LogP contribution in [0.4, 0.5) is 0 Å². The van der Waals surface area contributed by atoms with Crippen molar-refractivity contribution in [2.24, 2.45) is 11.8 Å². The fraction of sp³-hybridized carbons (Fsp3) is 0.714. The molecule has 0 saturated heterocycles. The van der Waals surface area contributed by atoms with Crippen molar-refractivity contribution in [3.8, 4) is 0 Å². The Morgan fingerprint density at radius 2 is 2.12 bits per heavy atom. The van der Waals surface area contributed by atoms with E-state index in [0.29, 0.717) is 5.92 Å². The first-order valence-electron chi connectivity index (χ1n) is 6.67. The summed E-state index contributed by atoms with van der Waals surface area (Å²) in [5.41, 5.74) is 2.23. The van der Waals surface area contributed by atoms with Gasteiger partial charge in [0.2, 0.25) is 0 Å². The van der Waals surface area contributed by atoms with E-state index in [0.717, 1.165) is 42.6 Å². The summed E-state index contributed by atoms with van der Waals surface area (Å²) in [6.07, 6.45) is 3.79. The van der Waals surface area contributed by atoms with Crippen molar-refractivity contribution in [1.29, 1.82) is 0 Å². The van der Waals surface area contributed by atoms with Gasteiger partial charge in [-0.2, -0.15) is 0 Å². The Bertz CT molecular complexity index is 370. The Morgan fingerprint density at radius 3 is 2.76 bits per heavy atom. The lowest BCUT2D eigenvalue weighted by Crippen LogP contribution is -2.20. The van der Waals surface area contributed by atoms with Crippen molar-refractivity contribution in [2.75, 3.05) is 6.54 Å². The molecule has 0 spiro atoms. The molecule has 0 aromatic carbocycles. The van der Waals surface area contributed by atoms with Crippen molar-refractivity contribution in [3.05, 3.63) is 23.3 Å². The van der Waals surface area contributed by atoms with Gasteiger partial charge in [0.15, 0.2) is 0 Å². The van der Waals surface area contributed by atoms with Crippen LogP contribution in [0.1, 0.15) is 43.9 Å². The molecule has 1 N–H and O–H groups in total. The first-order valence-corrected chi connectivity index (χ1v) is 6.67. The minimum absolute atomic E-state index is 0.684. The molecule has 1 saturated carbocycles. The monoisotopic (exact) mass is 233 g/mol. The summed E-state index contributed by atoms with van der Waals surface area (Å²) in [7, 11) is 0. The molecule has 17 heavy (non-hydrogen) atoms. The maximum atomic E-state index is 4.64. The molecule has 1 aliphatic rings. The highest BCUT2D eigenvalue weighted by atomic mass is 14.9. The zero-order valence-corrected chi connectivity index (χ0v) is 11.2. The molecule has 0 radical (unpaired) electrons. The lowest BCUT2D eigenvalue weighted by Gasteiger charge is -2.08. The quantitative estimate of drug-likeness (QED) is 0.820. The third-order valence-corrected chi connectivity index (χ3v) is 2.98. The standard InChI is InChI=1S/C14H23N3/c1-10(2)8-15-9-13-6-11(3)16-14(17-13)7-12-4-5-12/h6,10,12,15H,4-5,7-9H2,1-3H3. The Labute approximate surface area is 104 Å². The van der Waals surface area contributed by atoms with Crippen molar-refractivity contribution in [2.45, 2.75) is 46.6 Å². The average molecular weight is 233 g/mol. The molecule has 0 amide bonds. The summed E-state index contributed by atoms with van der Waals surface area (Å²) in [6, 6.07) is 2.09. The summed E-state index contributed by atoms with van der Waals surface area (Å²) < 4.78 is 0. The van der Waals surface area contributed by atoms with E-state index in [2.05, 4.69) is 42.1 Å². The number of hydrogen-bond acceptors (Lipinski definition) is 3. The third-order valence-electron chi connectivity index (χ3n) is 2.98. The second-order valence-electron chi connectivity index (χ2n) is 5.59. The second kappa shape index (κ2) is 5.58. The van der Waals surface area contributed by atoms with Gasteiger partial charge in [0.05, 0.1) is 5.69 Å². The van der Waals surface area contributed by atoms with Crippen molar-refractivity contribution in [1.82, 2.24) is 15.3 Å². The van der Waals surface area contributed by atoms with Gasteiger partial charge in [0.25, 0.3) is 0 Å². The van der Waals surface area contributed by atoms with Gasteiger partial charge < -0.3 is 5.32 Å². The molecule has 0 atom stereocenters. The molecule has 1 aliphatic carbocycles. The molecule has 3 nitrogen and oxygen atoms in total. The minimum Gasteiger partial charge on any atom is -0.311 e. The van der Waals surface area contributed by atoms with Crippen LogP contribution in [0.15, 0.2) is 6.07 Å². The van der Waals surface area contributed by atoms with Crippen molar-refractivity contribution >= 4 is 0 Å². The summed E-state index contributed by atoms with van der Waals surface area (Å²) in [5, 5.41) is 3.43. The lowest BCUT2D eigenvalue weighted by molar-refractivity contribution is 0.546. The Balaban J connectivity index is 1.92. The van der Waals surface area contributed by atoms with Gasteiger partial charge in [-0.05, 0) is 44.2 Å². The Morgan fingerprint density at radius 1 is 1.35 bits per heavy atom. The summed E-state index contributed by atoms with van der Waals surface area (Å²) in [5.74, 6) is 2.57. The van der Waals surface area contributed by atoms with Gasteiger partial charge >= 0.3 is 0 Å². The number of aryl methyl sites for hydroxylation is 1. The molecule has 1 heterocycles. The van der Waals surface area contributed by atoms with E-state index in [1.54, 1.807) is 0 Å². The predicted molar refractivity (Wildman–Crippen MR) is 69.7 cm³/mol. The number of hydrogen-bond donors (Lipinski definition) is 1. The Kier molecular flexibility index (Phi) is 4.11. The van der Waals surface area contributed by atoms with Crippen LogP contribution in [-0.2, 0) is 13.0 Å². The highest BCUT2D eigenvalue weighted by molar-refractivity contribution is 5.11. The van der Waals surface area contributed by atoms with Gasteiger partial charge in [0, 0.05) is 18.7 Å². The molecule has 3 heteroatoms. The van der Waals surface area contributed by atoms with Gasteiger partial charge in [-0.1, -0.05) is 13.8 Å². The van der Waals surface area contributed by atoms with Gasteiger partial charge in [-0.15, -0.1) is 0 Å². The second-order valence-corrected chi connectivity index (χ2v) is 5.59. The molecule has 94 valence electrons. The first-order chi connectivity index (χ1) is 8.13. The molecular formula is C14H23N3. The van der Waals surface area contributed by atoms with Crippen LogP contribution in [0.5, 0.6) is 0 Å². The number of rotatable bonds is 6. The van der Waals surface area contributed by atoms with Gasteiger partial charge in [0.1, 0.15) is 5.82 Å². The van der Waals surface area contributed by atoms with Crippen LogP contribution in [0.2, 0.25) is 0 Å². The lowest BCUT2D eigenvalue weighted by atomic mass is 10.2. The zero-order valence-electron chi connectivity index (χ0n) is 11.2. The maximum absolute atomic E-state index is 4.64. The maximum Gasteiger partial charge on any atom is 0.129 e. The van der Waals surface area contributed by atoms with Crippen LogP contribution in [-0.4, -0.2) is 16.5 Å². The average Bonchev–Trinajstić information content (AvgIpc) is 3.00. The predicted octanol–water partition coefficient (Wildman–Crippen LogP) is 2.48. The molecule has 0 aliphatic heterocycles. The molecule has 0 bridgehead atoms. The summed E-state index contributed by atoms with van der Waals surface area (Å²) in [4.78, 5) is 9.16. The van der Waals surface area contributed by atoms with E-state index in [4.69, 9.17) is 0 Å². The first kappa shape index (κ1) is 12.5. The van der Waals surface area contributed by atoms with E-state index in [9.17, 15) is 0 Å². The molecule has 0 unspecified atom stereocenters. The van der Waals surface area contributed by atoms with Crippen molar-refractivity contribution in [3.63, 3.8) is 0 Å². The topological polar surface area (TPSA) is 37.8 Å². The molecular weight excluding hydrogens is 210 g/mol. The van der Waals surface area contributed by atoms with E-state index >= 15 is 0 Å². The highest BCUT2D eigenvalue weighted by Gasteiger charge is 2.22. The van der Waals surface area contributed by atoms with E-state index in [-0.39, 0.29) is 0 Å². The summed E-state index contributed by atoms with van der Waals surface area (Å²) in [6.45, 7) is 8.40. The number of aromatic nitrogens is 2. The van der Waals surface area contributed by atoms with E-state index in [1.807, 2.05) is 0 Å². The smallest absolute Gasteiger partial charge is 0.129 e. The van der Waals surface area contributed by atoms with Gasteiger partial charge in [-0.25, -0.2) is 9.97 Å². The zero-order chi connectivity index (χ0) is 12.3. The minimum atomic E-state index is 0.684. The van der Waals surface area contributed by atoms with Gasteiger partial charge in [-0.3, -0.25) is 0 Å². The normalized spacial score (nSPS) is 15.5. The molecule has 1 aromatic heterocycles. The molecule has 1 fully saturated rings. The number of nitrogens with one attached hydrogen (secondary N) is 1. The van der Waals surface area contributed by atoms with Crippen molar-refractivity contribution < 1.29 is 0 Å². The Hall–Kier alpha value is -0.960. The van der Waals surface area contributed by atoms with E-state index < -0.39 is 0 Å². The van der Waals surface area contributed by atoms with E-state index in [1.165, 1.54) is 12.8 Å². The third kappa shape index (κ3) is 4.43. The summed E-state index contributed by atoms with van der Waals surface area (Å²) >= 11 is 0. The highest BCUT2D eigenvalue weighted by Crippen LogP contribution is 2.31. The van der Waals surface area contributed by atoms with Crippen LogP contribution < -0.4 is 5.32 Å². The largest absolute Gasteiger partial charge is 0.311 e. The molecule has 2 rings (SSSR count). The van der Waals surface area contributed by atoms with Crippen LogP contribution in [0, 0.1) is 18.8 Å². The van der Waals surface area contributed by atoms with Crippen LogP contribution in [0.3, 0.4) is 0 Å². The SMILES string of the molecule is Cc1cc(CNCC(C)C)nc(CC2CC2)n1. The fourth-order valence-corrected chi connectivity index (χ4v) is 1.95.